The number of hydrogen-bond donors (Lipinski definition) is 1. The van der Waals surface area contributed by atoms with Crippen LogP contribution in [0, 0.1) is 0 Å². The van der Waals surface area contributed by atoms with E-state index in [1.807, 2.05) is 66.0 Å². The van der Waals surface area contributed by atoms with Gasteiger partial charge in [0.1, 0.15) is 0 Å². The molecule has 3 nitrogen and oxygen atoms in total. The number of carboxylic acid groups (broad SMARTS) is 1. The first-order valence-electron chi connectivity index (χ1n) is 7.50. The van der Waals surface area contributed by atoms with Crippen LogP contribution in [0.15, 0.2) is 72.1 Å². The van der Waals surface area contributed by atoms with E-state index in [0.717, 1.165) is 16.0 Å². The minimum atomic E-state index is -0.942. The molecule has 0 unspecified atom stereocenters. The Kier molecular flexibility index (Phi) is 3.59. The molecule has 0 fully saturated rings. The highest BCUT2D eigenvalue weighted by molar-refractivity contribution is 7.13. The third kappa shape index (κ3) is 2.57. The predicted molar refractivity (Wildman–Crippen MR) is 97.5 cm³/mol. The van der Waals surface area contributed by atoms with Crippen molar-refractivity contribution in [3.63, 3.8) is 0 Å². The SMILES string of the molecule is O=C(O)c1cc(-c2ccccc2)nc2ccc(-c3cccs3)cc12. The van der Waals surface area contributed by atoms with Gasteiger partial charge in [0, 0.05) is 15.8 Å². The lowest BCUT2D eigenvalue weighted by Gasteiger charge is -2.08. The number of thiophene rings is 1. The molecule has 0 bridgehead atoms. The summed E-state index contributed by atoms with van der Waals surface area (Å²) >= 11 is 1.63. The average molecular weight is 331 g/mol. The number of carbonyl (C=O) groups is 1. The van der Waals surface area contributed by atoms with E-state index in [-0.39, 0.29) is 5.56 Å². The largest absolute Gasteiger partial charge is 0.478 e. The van der Waals surface area contributed by atoms with E-state index in [1.54, 1.807) is 17.4 Å². The van der Waals surface area contributed by atoms with Gasteiger partial charge in [-0.2, -0.15) is 0 Å². The number of carboxylic acids is 1. The molecule has 1 N–H and O–H groups in total. The van der Waals surface area contributed by atoms with Crippen molar-refractivity contribution >= 4 is 28.2 Å². The van der Waals surface area contributed by atoms with Gasteiger partial charge in [0.2, 0.25) is 0 Å². The highest BCUT2D eigenvalue weighted by atomic mass is 32.1. The number of hydrogen-bond acceptors (Lipinski definition) is 3. The summed E-state index contributed by atoms with van der Waals surface area (Å²) in [5.74, 6) is -0.942. The molecular weight excluding hydrogens is 318 g/mol. The Morgan fingerprint density at radius 3 is 2.46 bits per heavy atom. The standard InChI is InChI=1S/C20H13NO2S/c22-20(23)16-12-18(13-5-2-1-3-6-13)21-17-9-8-14(11-15(16)17)19-7-4-10-24-19/h1-12H,(H,22,23). The molecule has 0 atom stereocenters. The first-order valence-corrected chi connectivity index (χ1v) is 8.38. The van der Waals surface area contributed by atoms with Crippen LogP contribution < -0.4 is 0 Å². The smallest absolute Gasteiger partial charge is 0.336 e. The van der Waals surface area contributed by atoms with Crippen LogP contribution >= 0.6 is 11.3 Å². The number of fused-ring (bicyclic) bond motifs is 1. The molecule has 0 spiro atoms. The zero-order chi connectivity index (χ0) is 16.5. The molecule has 4 rings (SSSR count). The molecule has 2 aromatic carbocycles. The minimum absolute atomic E-state index is 0.275. The molecular formula is C20H13NO2S. The van der Waals surface area contributed by atoms with Gasteiger partial charge in [0.25, 0.3) is 0 Å². The van der Waals surface area contributed by atoms with E-state index in [1.165, 1.54) is 0 Å². The maximum Gasteiger partial charge on any atom is 0.336 e. The number of rotatable bonds is 3. The molecule has 0 saturated carbocycles. The molecule has 0 aliphatic carbocycles. The Morgan fingerprint density at radius 1 is 0.917 bits per heavy atom. The molecule has 0 amide bonds. The molecule has 4 heteroatoms. The van der Waals surface area contributed by atoms with Gasteiger partial charge >= 0.3 is 5.97 Å². The summed E-state index contributed by atoms with van der Waals surface area (Å²) in [5, 5.41) is 12.3. The van der Waals surface area contributed by atoms with Crippen molar-refractivity contribution in [3.8, 4) is 21.7 Å². The first kappa shape index (κ1) is 14.6. The minimum Gasteiger partial charge on any atom is -0.478 e. The van der Waals surface area contributed by atoms with Gasteiger partial charge in [0.05, 0.1) is 16.8 Å². The van der Waals surface area contributed by atoms with Crippen molar-refractivity contribution in [1.29, 1.82) is 0 Å². The maximum atomic E-state index is 11.8. The third-order valence-electron chi connectivity index (χ3n) is 3.91. The van der Waals surface area contributed by atoms with Gasteiger partial charge in [-0.05, 0) is 35.2 Å². The number of aromatic carboxylic acids is 1. The second kappa shape index (κ2) is 5.91. The summed E-state index contributed by atoms with van der Waals surface area (Å²) in [4.78, 5) is 17.5. The average Bonchev–Trinajstić information content (AvgIpc) is 3.15. The summed E-state index contributed by atoms with van der Waals surface area (Å²) < 4.78 is 0. The van der Waals surface area contributed by atoms with Crippen LogP contribution in [0.5, 0.6) is 0 Å². The van der Waals surface area contributed by atoms with Crippen LogP contribution in [0.1, 0.15) is 10.4 Å². The topological polar surface area (TPSA) is 50.2 Å². The first-order chi connectivity index (χ1) is 11.7. The highest BCUT2D eigenvalue weighted by Crippen LogP contribution is 2.31. The maximum absolute atomic E-state index is 11.8. The molecule has 2 heterocycles. The van der Waals surface area contributed by atoms with Gasteiger partial charge in [-0.25, -0.2) is 9.78 Å². The molecule has 2 aromatic heterocycles. The van der Waals surface area contributed by atoms with E-state index in [2.05, 4.69) is 4.98 Å². The number of pyridine rings is 1. The van der Waals surface area contributed by atoms with Crippen molar-refractivity contribution in [1.82, 2.24) is 4.98 Å². The predicted octanol–water partition coefficient (Wildman–Crippen LogP) is 5.33. The van der Waals surface area contributed by atoms with Crippen LogP contribution in [0.3, 0.4) is 0 Å². The van der Waals surface area contributed by atoms with Crippen molar-refractivity contribution in [2.45, 2.75) is 0 Å². The van der Waals surface area contributed by atoms with E-state index in [0.29, 0.717) is 16.6 Å². The molecule has 0 saturated heterocycles. The van der Waals surface area contributed by atoms with Crippen LogP contribution in [0.4, 0.5) is 0 Å². The van der Waals surface area contributed by atoms with Gasteiger partial charge in [-0.1, -0.05) is 42.5 Å². The van der Waals surface area contributed by atoms with Gasteiger partial charge in [0.15, 0.2) is 0 Å². The van der Waals surface area contributed by atoms with E-state index in [9.17, 15) is 9.90 Å². The zero-order valence-corrected chi connectivity index (χ0v) is 13.5. The lowest BCUT2D eigenvalue weighted by molar-refractivity contribution is 0.0699. The second-order valence-corrected chi connectivity index (χ2v) is 6.38. The molecule has 0 aliphatic heterocycles. The Balaban J connectivity index is 1.95. The van der Waals surface area contributed by atoms with Crippen LogP contribution in [-0.2, 0) is 0 Å². The summed E-state index contributed by atoms with van der Waals surface area (Å²) in [6.45, 7) is 0. The third-order valence-corrected chi connectivity index (χ3v) is 4.83. The van der Waals surface area contributed by atoms with Crippen molar-refractivity contribution < 1.29 is 9.90 Å². The molecule has 0 radical (unpaired) electrons. The number of aromatic nitrogens is 1. The summed E-state index contributed by atoms with van der Waals surface area (Å²) in [6.07, 6.45) is 0. The fraction of sp³-hybridized carbons (Fsp3) is 0. The second-order valence-electron chi connectivity index (χ2n) is 5.44. The van der Waals surface area contributed by atoms with Crippen LogP contribution in [0.25, 0.3) is 32.6 Å². The van der Waals surface area contributed by atoms with Gasteiger partial charge < -0.3 is 5.11 Å². The van der Waals surface area contributed by atoms with E-state index >= 15 is 0 Å². The van der Waals surface area contributed by atoms with Crippen molar-refractivity contribution in [2.24, 2.45) is 0 Å². The fourth-order valence-electron chi connectivity index (χ4n) is 2.76. The molecule has 4 aromatic rings. The zero-order valence-electron chi connectivity index (χ0n) is 12.6. The van der Waals surface area contributed by atoms with E-state index < -0.39 is 5.97 Å². The quantitative estimate of drug-likeness (QED) is 0.552. The number of nitrogens with zero attached hydrogens (tertiary/aromatic N) is 1. The van der Waals surface area contributed by atoms with Gasteiger partial charge in [-0.3, -0.25) is 0 Å². The van der Waals surface area contributed by atoms with Crippen molar-refractivity contribution in [2.75, 3.05) is 0 Å². The Hall–Kier alpha value is -2.98. The fourth-order valence-corrected chi connectivity index (χ4v) is 3.48. The summed E-state index contributed by atoms with van der Waals surface area (Å²) in [6, 6.07) is 21.1. The van der Waals surface area contributed by atoms with Gasteiger partial charge in [-0.15, -0.1) is 11.3 Å². The monoisotopic (exact) mass is 331 g/mol. The van der Waals surface area contributed by atoms with Crippen LogP contribution in [0.2, 0.25) is 0 Å². The number of benzene rings is 2. The highest BCUT2D eigenvalue weighted by Gasteiger charge is 2.14. The molecule has 0 aliphatic rings. The molecule has 116 valence electrons. The lowest BCUT2D eigenvalue weighted by atomic mass is 10.0. The Morgan fingerprint density at radius 2 is 1.75 bits per heavy atom. The van der Waals surface area contributed by atoms with Crippen molar-refractivity contribution in [3.05, 3.63) is 77.7 Å². The van der Waals surface area contributed by atoms with Crippen LogP contribution in [-0.4, -0.2) is 16.1 Å². The van der Waals surface area contributed by atoms with E-state index in [4.69, 9.17) is 0 Å². The summed E-state index contributed by atoms with van der Waals surface area (Å²) in [7, 11) is 0. The Bertz CT molecular complexity index is 1020. The normalized spacial score (nSPS) is 10.8. The molecule has 24 heavy (non-hydrogen) atoms. The Labute approximate surface area is 142 Å². The summed E-state index contributed by atoms with van der Waals surface area (Å²) in [5.41, 5.74) is 3.55. The lowest BCUT2D eigenvalue weighted by Crippen LogP contribution is -2.00.